The van der Waals surface area contributed by atoms with Gasteiger partial charge in [-0.3, -0.25) is 14.4 Å². The Labute approximate surface area is 154 Å². The average Bonchev–Trinajstić information content (AvgIpc) is 3.21. The van der Waals surface area contributed by atoms with Crippen LogP contribution in [0.2, 0.25) is 0 Å². The Balaban J connectivity index is 1.53. The van der Waals surface area contributed by atoms with Gasteiger partial charge in [0.25, 0.3) is 5.91 Å². The highest BCUT2D eigenvalue weighted by atomic mass is 16.2. The van der Waals surface area contributed by atoms with Gasteiger partial charge in [0, 0.05) is 30.3 Å². The lowest BCUT2D eigenvalue weighted by molar-refractivity contribution is -0.129. The van der Waals surface area contributed by atoms with Crippen molar-refractivity contribution < 1.29 is 14.4 Å². The molecule has 3 rings (SSSR count). The van der Waals surface area contributed by atoms with E-state index in [1.54, 1.807) is 29.2 Å². The summed E-state index contributed by atoms with van der Waals surface area (Å²) < 4.78 is 0. The molecule has 1 saturated heterocycles. The Kier molecular flexibility index (Phi) is 6.26. The lowest BCUT2D eigenvalue weighted by Crippen LogP contribution is -2.38. The van der Waals surface area contributed by atoms with Crippen LogP contribution in [-0.2, 0) is 9.59 Å². The van der Waals surface area contributed by atoms with Crippen molar-refractivity contribution in [2.45, 2.75) is 44.9 Å². The summed E-state index contributed by atoms with van der Waals surface area (Å²) >= 11 is 0. The predicted molar refractivity (Wildman–Crippen MR) is 99.8 cm³/mol. The molecule has 26 heavy (non-hydrogen) atoms. The van der Waals surface area contributed by atoms with Gasteiger partial charge in [-0.05, 0) is 43.9 Å². The Hall–Kier alpha value is -2.37. The van der Waals surface area contributed by atoms with E-state index in [4.69, 9.17) is 0 Å². The number of nitrogens with zero attached hydrogens (tertiary/aromatic N) is 1. The van der Waals surface area contributed by atoms with Crippen LogP contribution in [0.5, 0.6) is 0 Å². The number of rotatable bonds is 5. The SMILES string of the molecule is O=C(NCC(=O)N1CCCC1)c1cccc(NC(=O)C2CCCCC2)c1. The maximum atomic E-state index is 12.3. The minimum Gasteiger partial charge on any atom is -0.343 e. The largest absolute Gasteiger partial charge is 0.343 e. The molecule has 1 aliphatic heterocycles. The molecule has 140 valence electrons. The number of amides is 3. The number of benzene rings is 1. The van der Waals surface area contributed by atoms with Crippen molar-refractivity contribution in [1.82, 2.24) is 10.2 Å². The third-order valence-corrected chi connectivity index (χ3v) is 5.23. The lowest BCUT2D eigenvalue weighted by Gasteiger charge is -2.20. The van der Waals surface area contributed by atoms with E-state index in [9.17, 15) is 14.4 Å². The fourth-order valence-electron chi connectivity index (χ4n) is 3.68. The van der Waals surface area contributed by atoms with Crippen LogP contribution in [0.3, 0.4) is 0 Å². The summed E-state index contributed by atoms with van der Waals surface area (Å²) in [5.74, 6) is -0.241. The first-order chi connectivity index (χ1) is 12.6. The smallest absolute Gasteiger partial charge is 0.251 e. The van der Waals surface area contributed by atoms with Crippen LogP contribution >= 0.6 is 0 Å². The maximum absolute atomic E-state index is 12.3. The molecule has 1 aromatic rings. The Morgan fingerprint density at radius 2 is 1.73 bits per heavy atom. The predicted octanol–water partition coefficient (Wildman–Crippen LogP) is 2.56. The Morgan fingerprint density at radius 3 is 2.46 bits per heavy atom. The van der Waals surface area contributed by atoms with Gasteiger partial charge in [0.15, 0.2) is 0 Å². The molecule has 0 bridgehead atoms. The van der Waals surface area contributed by atoms with E-state index in [1.807, 2.05) is 0 Å². The van der Waals surface area contributed by atoms with Gasteiger partial charge in [0.1, 0.15) is 0 Å². The molecule has 1 saturated carbocycles. The van der Waals surface area contributed by atoms with Gasteiger partial charge >= 0.3 is 0 Å². The van der Waals surface area contributed by atoms with Gasteiger partial charge in [-0.2, -0.15) is 0 Å². The second-order valence-corrected chi connectivity index (χ2v) is 7.18. The first-order valence-corrected chi connectivity index (χ1v) is 9.60. The van der Waals surface area contributed by atoms with E-state index in [1.165, 1.54) is 6.42 Å². The first-order valence-electron chi connectivity index (χ1n) is 9.60. The molecule has 6 nitrogen and oxygen atoms in total. The molecule has 0 aromatic heterocycles. The van der Waals surface area contributed by atoms with E-state index in [2.05, 4.69) is 10.6 Å². The summed E-state index contributed by atoms with van der Waals surface area (Å²) in [7, 11) is 0. The van der Waals surface area contributed by atoms with Crippen LogP contribution in [0.15, 0.2) is 24.3 Å². The highest BCUT2D eigenvalue weighted by Crippen LogP contribution is 2.25. The molecule has 0 spiro atoms. The number of nitrogens with one attached hydrogen (secondary N) is 2. The zero-order chi connectivity index (χ0) is 18.4. The monoisotopic (exact) mass is 357 g/mol. The van der Waals surface area contributed by atoms with Crippen molar-refractivity contribution in [3.05, 3.63) is 29.8 Å². The van der Waals surface area contributed by atoms with Crippen LogP contribution in [-0.4, -0.2) is 42.3 Å². The number of anilines is 1. The van der Waals surface area contributed by atoms with E-state index < -0.39 is 0 Å². The zero-order valence-corrected chi connectivity index (χ0v) is 15.1. The van der Waals surface area contributed by atoms with Crippen LogP contribution in [0.1, 0.15) is 55.3 Å². The fraction of sp³-hybridized carbons (Fsp3) is 0.550. The molecule has 3 amide bonds. The Morgan fingerprint density at radius 1 is 1.00 bits per heavy atom. The molecule has 2 aliphatic rings. The molecular formula is C20H27N3O3. The van der Waals surface area contributed by atoms with Gasteiger partial charge < -0.3 is 15.5 Å². The molecule has 1 heterocycles. The van der Waals surface area contributed by atoms with Crippen LogP contribution in [0, 0.1) is 5.92 Å². The number of hydrogen-bond donors (Lipinski definition) is 2. The molecular weight excluding hydrogens is 330 g/mol. The molecule has 0 atom stereocenters. The van der Waals surface area contributed by atoms with Crippen molar-refractivity contribution in [3.63, 3.8) is 0 Å². The van der Waals surface area contributed by atoms with Crippen molar-refractivity contribution in [2.75, 3.05) is 25.0 Å². The topological polar surface area (TPSA) is 78.5 Å². The van der Waals surface area contributed by atoms with Crippen molar-refractivity contribution in [1.29, 1.82) is 0 Å². The van der Waals surface area contributed by atoms with E-state index >= 15 is 0 Å². The summed E-state index contributed by atoms with van der Waals surface area (Å²) in [4.78, 5) is 38.5. The third-order valence-electron chi connectivity index (χ3n) is 5.23. The van der Waals surface area contributed by atoms with Gasteiger partial charge in [0.05, 0.1) is 6.54 Å². The average molecular weight is 357 g/mol. The minimum atomic E-state index is -0.300. The second-order valence-electron chi connectivity index (χ2n) is 7.18. The summed E-state index contributed by atoms with van der Waals surface area (Å²) in [6.07, 6.45) is 7.34. The zero-order valence-electron chi connectivity index (χ0n) is 15.1. The first kappa shape index (κ1) is 18.4. The van der Waals surface area contributed by atoms with Crippen LogP contribution in [0.25, 0.3) is 0 Å². The normalized spacial score (nSPS) is 17.8. The number of likely N-dealkylation sites (tertiary alicyclic amines) is 1. The minimum absolute atomic E-state index is 0.0114. The molecule has 2 fully saturated rings. The summed E-state index contributed by atoms with van der Waals surface area (Å²) in [5, 5.41) is 5.60. The quantitative estimate of drug-likeness (QED) is 0.850. The molecule has 1 aliphatic carbocycles. The number of carbonyl (C=O) groups is 3. The molecule has 0 unspecified atom stereocenters. The third kappa shape index (κ3) is 4.84. The van der Waals surface area contributed by atoms with E-state index in [-0.39, 0.29) is 30.2 Å². The maximum Gasteiger partial charge on any atom is 0.251 e. The van der Waals surface area contributed by atoms with Crippen molar-refractivity contribution in [2.24, 2.45) is 5.92 Å². The molecule has 2 N–H and O–H groups in total. The second kappa shape index (κ2) is 8.83. The molecule has 1 aromatic carbocycles. The lowest BCUT2D eigenvalue weighted by atomic mass is 9.88. The van der Waals surface area contributed by atoms with Gasteiger partial charge in [0.2, 0.25) is 11.8 Å². The Bertz CT molecular complexity index is 662. The fourth-order valence-corrected chi connectivity index (χ4v) is 3.68. The summed E-state index contributed by atoms with van der Waals surface area (Å²) in [5.41, 5.74) is 1.07. The highest BCUT2D eigenvalue weighted by Gasteiger charge is 2.21. The molecule has 0 radical (unpaired) electrons. The van der Waals surface area contributed by atoms with Gasteiger partial charge in [-0.25, -0.2) is 0 Å². The van der Waals surface area contributed by atoms with Crippen LogP contribution in [0.4, 0.5) is 5.69 Å². The van der Waals surface area contributed by atoms with E-state index in [0.29, 0.717) is 11.3 Å². The number of carbonyl (C=O) groups excluding carboxylic acids is 3. The van der Waals surface area contributed by atoms with E-state index in [0.717, 1.165) is 51.6 Å². The summed E-state index contributed by atoms with van der Waals surface area (Å²) in [6, 6.07) is 6.88. The standard InChI is InChI=1S/C20H27N3O3/c24-18(23-11-4-5-12-23)14-21-19(25)16-9-6-10-17(13-16)22-20(26)15-7-2-1-3-8-15/h6,9-10,13,15H,1-5,7-8,11-12,14H2,(H,21,25)(H,22,26). The van der Waals surface area contributed by atoms with Gasteiger partial charge in [-0.15, -0.1) is 0 Å². The van der Waals surface area contributed by atoms with Crippen LogP contribution < -0.4 is 10.6 Å². The molecule has 6 heteroatoms. The number of hydrogen-bond acceptors (Lipinski definition) is 3. The van der Waals surface area contributed by atoms with Crippen molar-refractivity contribution in [3.8, 4) is 0 Å². The van der Waals surface area contributed by atoms with Crippen molar-refractivity contribution >= 4 is 23.4 Å². The van der Waals surface area contributed by atoms with Gasteiger partial charge in [-0.1, -0.05) is 25.3 Å². The highest BCUT2D eigenvalue weighted by molar-refractivity contribution is 5.99. The summed E-state index contributed by atoms with van der Waals surface area (Å²) in [6.45, 7) is 1.56.